The van der Waals surface area contributed by atoms with Crippen molar-refractivity contribution in [2.75, 3.05) is 13.2 Å². The summed E-state index contributed by atoms with van der Waals surface area (Å²) in [6, 6.07) is -0.811. The highest BCUT2D eigenvalue weighted by Crippen LogP contribution is 2.23. The van der Waals surface area contributed by atoms with Crippen LogP contribution in [0.1, 0.15) is 245 Å². The van der Waals surface area contributed by atoms with Gasteiger partial charge in [0.1, 0.15) is 24.4 Å². The van der Waals surface area contributed by atoms with Crippen molar-refractivity contribution in [2.24, 2.45) is 0 Å². The Kier molecular flexibility index (Phi) is 52.0. The monoisotopic (exact) mass is 1070 g/mol. The standard InChI is InChI=1S/C68H115NO8/c1-3-5-7-9-11-13-15-17-18-19-20-21-22-23-24-25-26-27-28-29-30-31-32-33-34-35-36-37-38-39-40-41-42-43-44-46-48-50-52-54-56-58-64(72)69-61(60-76-68-67(75)66(74)65(73)63(59-70)77-68)62(71)57-55-53-51-49-47-45-16-14-12-10-8-6-4-2/h5,7,11,13,17-18,20-21,23-24,26-27,29-30,32-33,35-36,55,57,61-63,65-68,70-71,73-75H,3-4,6,8-10,12,14-16,19,22,25,28,31,34,37-54,56,58-60H2,1-2H3,(H,69,72)/b7-5-,13-11-,18-17-,21-20-,24-23-,27-26-,30-29-,33-32-,36-35-,57-55+. The zero-order valence-electron chi connectivity index (χ0n) is 48.9. The van der Waals surface area contributed by atoms with Crippen molar-refractivity contribution in [3.8, 4) is 0 Å². The lowest BCUT2D eigenvalue weighted by molar-refractivity contribution is -0.302. The minimum atomic E-state index is -1.57. The maximum atomic E-state index is 13.1. The molecule has 0 aliphatic carbocycles. The second kappa shape index (κ2) is 55.9. The van der Waals surface area contributed by atoms with Crippen LogP contribution in [0.3, 0.4) is 0 Å². The van der Waals surface area contributed by atoms with Crippen molar-refractivity contribution >= 4 is 5.91 Å². The molecule has 1 saturated heterocycles. The highest BCUT2D eigenvalue weighted by molar-refractivity contribution is 5.76. The molecule has 0 bridgehead atoms. The molecule has 0 aromatic rings. The van der Waals surface area contributed by atoms with Crippen LogP contribution in [-0.2, 0) is 14.3 Å². The molecule has 9 heteroatoms. The Labute approximate surface area is 471 Å². The first kappa shape index (κ1) is 71.6. The van der Waals surface area contributed by atoms with Crippen LogP contribution < -0.4 is 5.32 Å². The maximum Gasteiger partial charge on any atom is 0.220 e. The molecule has 9 nitrogen and oxygen atoms in total. The molecule has 1 rings (SSSR count). The molecule has 1 fully saturated rings. The largest absolute Gasteiger partial charge is 0.394 e. The second-order valence-corrected chi connectivity index (χ2v) is 21.1. The first-order valence-corrected chi connectivity index (χ1v) is 31.3. The van der Waals surface area contributed by atoms with Crippen molar-refractivity contribution in [1.82, 2.24) is 5.32 Å². The summed E-state index contributed by atoms with van der Waals surface area (Å²) in [5.74, 6) is -0.183. The first-order chi connectivity index (χ1) is 37.8. The normalized spacial score (nSPS) is 19.6. The van der Waals surface area contributed by atoms with E-state index in [1.54, 1.807) is 6.08 Å². The second-order valence-electron chi connectivity index (χ2n) is 21.1. The number of allylic oxidation sites excluding steroid dienone is 19. The summed E-state index contributed by atoms with van der Waals surface area (Å²) in [4.78, 5) is 13.1. The molecular formula is C68H115NO8. The van der Waals surface area contributed by atoms with Gasteiger partial charge in [0, 0.05) is 6.42 Å². The van der Waals surface area contributed by atoms with E-state index in [4.69, 9.17) is 9.47 Å². The van der Waals surface area contributed by atoms with Gasteiger partial charge in [-0.2, -0.15) is 0 Å². The number of aliphatic hydroxyl groups is 5. The van der Waals surface area contributed by atoms with Gasteiger partial charge in [0.15, 0.2) is 6.29 Å². The van der Waals surface area contributed by atoms with Crippen LogP contribution in [0.2, 0.25) is 0 Å². The summed E-state index contributed by atoms with van der Waals surface area (Å²) in [5, 5.41) is 54.4. The predicted octanol–water partition coefficient (Wildman–Crippen LogP) is 16.3. The highest BCUT2D eigenvalue weighted by Gasteiger charge is 2.44. The summed E-state index contributed by atoms with van der Waals surface area (Å²) in [5.41, 5.74) is 0. The lowest BCUT2D eigenvalue weighted by atomic mass is 9.99. The SMILES string of the molecule is CC/C=C\C/C=C\C/C=C\C/C=C\C/C=C\C/C=C\C/C=C\C/C=C\C/C=C\CCCCCCCCCCCCCCCC(=O)NC(COC1OC(CO)C(O)C(O)C1O)C(O)/C=C/CCCCCCCCCCCCC. The van der Waals surface area contributed by atoms with Crippen molar-refractivity contribution in [3.63, 3.8) is 0 Å². The fourth-order valence-corrected chi connectivity index (χ4v) is 9.15. The maximum absolute atomic E-state index is 13.1. The summed E-state index contributed by atoms with van der Waals surface area (Å²) < 4.78 is 11.3. The van der Waals surface area contributed by atoms with Gasteiger partial charge in [-0.05, 0) is 89.9 Å². The zero-order valence-corrected chi connectivity index (χ0v) is 48.9. The number of nitrogens with one attached hydrogen (secondary N) is 1. The molecule has 0 spiro atoms. The van der Waals surface area contributed by atoms with Crippen LogP contribution >= 0.6 is 0 Å². The van der Waals surface area contributed by atoms with Gasteiger partial charge in [0.2, 0.25) is 5.91 Å². The van der Waals surface area contributed by atoms with E-state index in [0.717, 1.165) is 96.3 Å². The van der Waals surface area contributed by atoms with Crippen LogP contribution in [0.25, 0.3) is 0 Å². The highest BCUT2D eigenvalue weighted by atomic mass is 16.7. The molecule has 7 atom stereocenters. The molecule has 0 radical (unpaired) electrons. The average molecular weight is 1070 g/mol. The fourth-order valence-electron chi connectivity index (χ4n) is 9.15. The van der Waals surface area contributed by atoms with E-state index in [1.807, 2.05) is 6.08 Å². The van der Waals surface area contributed by atoms with E-state index in [2.05, 4.69) is 129 Å². The molecule has 0 saturated carbocycles. The van der Waals surface area contributed by atoms with Crippen LogP contribution in [0, 0.1) is 0 Å². The number of rotatable bonds is 52. The van der Waals surface area contributed by atoms with Gasteiger partial charge in [-0.25, -0.2) is 0 Å². The van der Waals surface area contributed by atoms with E-state index in [0.29, 0.717) is 6.42 Å². The lowest BCUT2D eigenvalue weighted by Crippen LogP contribution is -2.60. The third kappa shape index (κ3) is 45.1. The Hall–Kier alpha value is -3.41. The minimum absolute atomic E-state index is 0.183. The molecule has 440 valence electrons. The van der Waals surface area contributed by atoms with Crippen molar-refractivity contribution < 1.29 is 39.8 Å². The lowest BCUT2D eigenvalue weighted by Gasteiger charge is -2.40. The first-order valence-electron chi connectivity index (χ1n) is 31.3. The third-order valence-corrected chi connectivity index (χ3v) is 14.0. The topological polar surface area (TPSA) is 149 Å². The van der Waals surface area contributed by atoms with Crippen molar-refractivity contribution in [3.05, 3.63) is 122 Å². The van der Waals surface area contributed by atoms with Crippen molar-refractivity contribution in [2.45, 2.75) is 288 Å². The van der Waals surface area contributed by atoms with Gasteiger partial charge in [0.05, 0.1) is 25.4 Å². The van der Waals surface area contributed by atoms with Gasteiger partial charge in [-0.15, -0.1) is 0 Å². The van der Waals surface area contributed by atoms with Gasteiger partial charge in [-0.3, -0.25) is 4.79 Å². The summed E-state index contributed by atoms with van der Waals surface area (Å²) in [6.45, 7) is 3.65. The predicted molar refractivity (Wildman–Crippen MR) is 327 cm³/mol. The van der Waals surface area contributed by atoms with Gasteiger partial charge >= 0.3 is 0 Å². The van der Waals surface area contributed by atoms with E-state index < -0.39 is 49.5 Å². The summed E-state index contributed by atoms with van der Waals surface area (Å²) in [6.07, 6.45) is 77.1. The summed E-state index contributed by atoms with van der Waals surface area (Å²) in [7, 11) is 0. The van der Waals surface area contributed by atoms with Crippen LogP contribution in [0.15, 0.2) is 122 Å². The van der Waals surface area contributed by atoms with Crippen LogP contribution in [0.5, 0.6) is 0 Å². The van der Waals surface area contributed by atoms with E-state index in [-0.39, 0.29) is 12.5 Å². The third-order valence-electron chi connectivity index (χ3n) is 14.0. The van der Waals surface area contributed by atoms with E-state index >= 15 is 0 Å². The number of hydrogen-bond donors (Lipinski definition) is 6. The Morgan fingerprint density at radius 2 is 0.805 bits per heavy atom. The molecule has 77 heavy (non-hydrogen) atoms. The van der Waals surface area contributed by atoms with Gasteiger partial charge in [-0.1, -0.05) is 270 Å². The molecule has 0 aromatic carbocycles. The summed E-state index contributed by atoms with van der Waals surface area (Å²) >= 11 is 0. The molecule has 6 N–H and O–H groups in total. The molecular weight excluding hydrogens is 959 g/mol. The minimum Gasteiger partial charge on any atom is -0.394 e. The zero-order chi connectivity index (χ0) is 55.8. The fraction of sp³-hybridized carbons (Fsp3) is 0.691. The Morgan fingerprint density at radius 3 is 1.19 bits per heavy atom. The number of aliphatic hydroxyl groups excluding tert-OH is 5. The number of carbonyl (C=O) groups excluding carboxylic acids is 1. The number of amides is 1. The Balaban J connectivity index is 2.10. The van der Waals surface area contributed by atoms with E-state index in [9.17, 15) is 30.3 Å². The van der Waals surface area contributed by atoms with Gasteiger partial charge in [0.25, 0.3) is 0 Å². The van der Waals surface area contributed by atoms with E-state index in [1.165, 1.54) is 128 Å². The molecule has 1 aliphatic heterocycles. The Morgan fingerprint density at radius 1 is 0.455 bits per heavy atom. The molecule has 7 unspecified atom stereocenters. The molecule has 1 heterocycles. The van der Waals surface area contributed by atoms with Gasteiger partial charge < -0.3 is 40.3 Å². The van der Waals surface area contributed by atoms with Crippen LogP contribution in [-0.4, -0.2) is 87.5 Å². The average Bonchev–Trinajstić information content (AvgIpc) is 3.43. The number of ether oxygens (including phenoxy) is 2. The van der Waals surface area contributed by atoms with Crippen molar-refractivity contribution in [1.29, 1.82) is 0 Å². The Bertz CT molecular complexity index is 1620. The molecule has 1 aliphatic rings. The molecule has 0 aromatic heterocycles. The number of hydrogen-bond acceptors (Lipinski definition) is 8. The number of carbonyl (C=O) groups is 1. The molecule has 1 amide bonds. The smallest absolute Gasteiger partial charge is 0.220 e. The number of unbranched alkanes of at least 4 members (excludes halogenated alkanes) is 24. The van der Waals surface area contributed by atoms with Crippen LogP contribution in [0.4, 0.5) is 0 Å². The quantitative estimate of drug-likeness (QED) is 0.0261.